The molecule has 0 aliphatic carbocycles. The van der Waals surface area contributed by atoms with Gasteiger partial charge in [0, 0.05) is 32.5 Å². The summed E-state index contributed by atoms with van der Waals surface area (Å²) >= 11 is 0. The molecule has 0 bridgehead atoms. The molecule has 0 saturated carbocycles. The van der Waals surface area contributed by atoms with Gasteiger partial charge in [-0.2, -0.15) is 0 Å². The normalized spacial score (nSPS) is 10.1. The molecule has 0 unspecified atom stereocenters. The molecule has 4 nitrogen and oxygen atoms in total. The molecule has 1 heterocycles. The van der Waals surface area contributed by atoms with E-state index in [9.17, 15) is 4.79 Å². The first kappa shape index (κ1) is 12.2. The lowest BCUT2D eigenvalue weighted by Crippen LogP contribution is -2.23. The van der Waals surface area contributed by atoms with Crippen LogP contribution in [0.4, 0.5) is 5.69 Å². The summed E-state index contributed by atoms with van der Waals surface area (Å²) < 4.78 is 0. The molecule has 0 saturated heterocycles. The monoisotopic (exact) mass is 243 g/mol. The van der Waals surface area contributed by atoms with Crippen LogP contribution in [0.2, 0.25) is 0 Å². The van der Waals surface area contributed by atoms with Crippen molar-refractivity contribution in [1.82, 2.24) is 10.3 Å². The van der Waals surface area contributed by atoms with E-state index in [2.05, 4.69) is 10.3 Å². The predicted molar refractivity (Wildman–Crippen MR) is 72.7 cm³/mol. The number of amides is 1. The van der Waals surface area contributed by atoms with E-state index >= 15 is 0 Å². The average molecular weight is 243 g/mol. The number of rotatable bonds is 4. The molecule has 2 aromatic rings. The second-order valence-corrected chi connectivity index (χ2v) is 4.33. The van der Waals surface area contributed by atoms with Crippen LogP contribution < -0.4 is 10.2 Å². The molecule has 0 fully saturated rings. The molecule has 0 spiro atoms. The van der Waals surface area contributed by atoms with Crippen LogP contribution in [0.3, 0.4) is 0 Å². The Labute approximate surface area is 107 Å². The van der Waals surface area contributed by atoms with Crippen LogP contribution >= 0.6 is 0 Å². The van der Waals surface area contributed by atoms with Crippen LogP contribution in [-0.2, 0) is 6.54 Å². The topological polar surface area (TPSA) is 48.1 Å². The Bertz CT molecular complexity index is 500. The zero-order chi connectivity index (χ0) is 13.0. The number of hydrogen-bond donors (Lipinski definition) is 2. The van der Waals surface area contributed by atoms with E-state index in [1.165, 1.54) is 0 Å². The van der Waals surface area contributed by atoms with E-state index in [1.807, 2.05) is 43.3 Å². The number of carbonyl (C=O) groups is 1. The lowest BCUT2D eigenvalue weighted by atomic mass is 10.2. The Morgan fingerprint density at radius 1 is 1.22 bits per heavy atom. The highest BCUT2D eigenvalue weighted by Crippen LogP contribution is 2.12. The Morgan fingerprint density at radius 2 is 1.94 bits per heavy atom. The second-order valence-electron chi connectivity index (χ2n) is 4.33. The van der Waals surface area contributed by atoms with Crippen LogP contribution in [0.25, 0.3) is 0 Å². The third kappa shape index (κ3) is 2.91. The first-order valence-electron chi connectivity index (χ1n) is 5.84. The second kappa shape index (κ2) is 5.40. The number of anilines is 1. The number of H-pyrrole nitrogens is 1. The summed E-state index contributed by atoms with van der Waals surface area (Å²) in [6.07, 6.45) is 1.74. The summed E-state index contributed by atoms with van der Waals surface area (Å²) in [5.74, 6) is -0.0864. The third-order valence-corrected chi connectivity index (χ3v) is 2.75. The van der Waals surface area contributed by atoms with Gasteiger partial charge in [0.05, 0.1) is 0 Å². The largest absolute Gasteiger partial charge is 0.378 e. The van der Waals surface area contributed by atoms with Gasteiger partial charge in [-0.15, -0.1) is 0 Å². The minimum absolute atomic E-state index is 0.0864. The van der Waals surface area contributed by atoms with Crippen molar-refractivity contribution in [3.63, 3.8) is 0 Å². The van der Waals surface area contributed by atoms with Gasteiger partial charge in [0.1, 0.15) is 5.69 Å². The number of aromatic amines is 1. The minimum atomic E-state index is -0.0864. The molecule has 4 heteroatoms. The van der Waals surface area contributed by atoms with E-state index in [1.54, 1.807) is 18.3 Å². The number of nitrogens with one attached hydrogen (secondary N) is 2. The molecular formula is C14H17N3O. The summed E-state index contributed by atoms with van der Waals surface area (Å²) in [6.45, 7) is 0.533. The van der Waals surface area contributed by atoms with E-state index in [0.29, 0.717) is 12.2 Å². The maximum Gasteiger partial charge on any atom is 0.267 e. The average Bonchev–Trinajstić information content (AvgIpc) is 2.90. The smallest absolute Gasteiger partial charge is 0.267 e. The molecule has 1 aromatic heterocycles. The van der Waals surface area contributed by atoms with Crippen molar-refractivity contribution < 1.29 is 4.79 Å². The van der Waals surface area contributed by atoms with Crippen LogP contribution in [0.5, 0.6) is 0 Å². The lowest BCUT2D eigenvalue weighted by Gasteiger charge is -2.12. The molecule has 2 rings (SSSR count). The van der Waals surface area contributed by atoms with Crippen molar-refractivity contribution >= 4 is 11.6 Å². The number of nitrogens with zero attached hydrogens (tertiary/aromatic N) is 1. The Kier molecular flexibility index (Phi) is 3.67. The van der Waals surface area contributed by atoms with Crippen molar-refractivity contribution in [1.29, 1.82) is 0 Å². The number of aromatic nitrogens is 1. The SMILES string of the molecule is CN(C)c1ccc(CNC(=O)c2ccc[nH]2)cc1. The molecular weight excluding hydrogens is 226 g/mol. The van der Waals surface area contributed by atoms with Crippen molar-refractivity contribution in [2.45, 2.75) is 6.54 Å². The molecule has 94 valence electrons. The molecule has 0 atom stereocenters. The Balaban J connectivity index is 1.92. The highest BCUT2D eigenvalue weighted by molar-refractivity contribution is 5.92. The third-order valence-electron chi connectivity index (χ3n) is 2.75. The van der Waals surface area contributed by atoms with E-state index in [4.69, 9.17) is 0 Å². The Hall–Kier alpha value is -2.23. The summed E-state index contributed by atoms with van der Waals surface area (Å²) in [7, 11) is 4.00. The maximum absolute atomic E-state index is 11.7. The first-order chi connectivity index (χ1) is 8.66. The van der Waals surface area contributed by atoms with Gasteiger partial charge in [0.15, 0.2) is 0 Å². The van der Waals surface area contributed by atoms with Crippen LogP contribution in [-0.4, -0.2) is 25.0 Å². The van der Waals surface area contributed by atoms with E-state index < -0.39 is 0 Å². The summed E-state index contributed by atoms with van der Waals surface area (Å²) in [5.41, 5.74) is 2.81. The van der Waals surface area contributed by atoms with Crippen molar-refractivity contribution in [3.05, 3.63) is 53.9 Å². The van der Waals surface area contributed by atoms with Gasteiger partial charge in [0.2, 0.25) is 0 Å². The number of carbonyl (C=O) groups excluding carboxylic acids is 1. The van der Waals surface area contributed by atoms with Gasteiger partial charge >= 0.3 is 0 Å². The van der Waals surface area contributed by atoms with Gasteiger partial charge < -0.3 is 15.2 Å². The van der Waals surface area contributed by atoms with Crippen LogP contribution in [0, 0.1) is 0 Å². The molecule has 0 radical (unpaired) electrons. The summed E-state index contributed by atoms with van der Waals surface area (Å²) in [6, 6.07) is 11.7. The van der Waals surface area contributed by atoms with Crippen molar-refractivity contribution in [2.24, 2.45) is 0 Å². The summed E-state index contributed by atoms with van der Waals surface area (Å²) in [4.78, 5) is 16.6. The van der Waals surface area contributed by atoms with Gasteiger partial charge in [0.25, 0.3) is 5.91 Å². The molecule has 0 aliphatic heterocycles. The minimum Gasteiger partial charge on any atom is -0.378 e. The van der Waals surface area contributed by atoms with Crippen molar-refractivity contribution in [3.8, 4) is 0 Å². The van der Waals surface area contributed by atoms with Crippen LogP contribution in [0.15, 0.2) is 42.6 Å². The van der Waals surface area contributed by atoms with Crippen LogP contribution in [0.1, 0.15) is 16.1 Å². The highest BCUT2D eigenvalue weighted by Gasteiger charge is 2.05. The van der Waals surface area contributed by atoms with Gasteiger partial charge in [-0.25, -0.2) is 0 Å². The number of hydrogen-bond acceptors (Lipinski definition) is 2. The Morgan fingerprint density at radius 3 is 2.50 bits per heavy atom. The molecule has 2 N–H and O–H groups in total. The molecule has 1 amide bonds. The zero-order valence-corrected chi connectivity index (χ0v) is 10.6. The quantitative estimate of drug-likeness (QED) is 0.863. The summed E-state index contributed by atoms with van der Waals surface area (Å²) in [5, 5.41) is 2.87. The fourth-order valence-corrected chi connectivity index (χ4v) is 1.66. The molecule has 0 aliphatic rings. The zero-order valence-electron chi connectivity index (χ0n) is 10.6. The molecule has 1 aromatic carbocycles. The number of benzene rings is 1. The highest BCUT2D eigenvalue weighted by atomic mass is 16.1. The van der Waals surface area contributed by atoms with Gasteiger partial charge in [-0.05, 0) is 29.8 Å². The molecule has 18 heavy (non-hydrogen) atoms. The van der Waals surface area contributed by atoms with E-state index in [0.717, 1.165) is 11.3 Å². The van der Waals surface area contributed by atoms with Crippen molar-refractivity contribution in [2.75, 3.05) is 19.0 Å². The fraction of sp³-hybridized carbons (Fsp3) is 0.214. The maximum atomic E-state index is 11.7. The fourth-order valence-electron chi connectivity index (χ4n) is 1.66. The first-order valence-corrected chi connectivity index (χ1v) is 5.84. The lowest BCUT2D eigenvalue weighted by molar-refractivity contribution is 0.0946. The van der Waals surface area contributed by atoms with E-state index in [-0.39, 0.29) is 5.91 Å². The predicted octanol–water partition coefficient (Wildman–Crippen LogP) is 2.01. The van der Waals surface area contributed by atoms with Gasteiger partial charge in [-0.3, -0.25) is 4.79 Å². The van der Waals surface area contributed by atoms with Gasteiger partial charge in [-0.1, -0.05) is 12.1 Å². The standard InChI is InChI=1S/C14H17N3O/c1-17(2)12-7-5-11(6-8-12)10-16-14(18)13-4-3-9-15-13/h3-9,15H,10H2,1-2H3,(H,16,18).